The van der Waals surface area contributed by atoms with Crippen molar-refractivity contribution in [3.8, 4) is 0 Å². The first kappa shape index (κ1) is 12.9. The Labute approximate surface area is 86.9 Å². The van der Waals surface area contributed by atoms with Crippen molar-refractivity contribution in [3.63, 3.8) is 0 Å². The van der Waals surface area contributed by atoms with Crippen molar-refractivity contribution >= 4 is 5.97 Å². The smallest absolute Gasteiger partial charge is 0.495 e. The molecule has 0 aliphatic rings. The zero-order valence-electron chi connectivity index (χ0n) is 6.17. The van der Waals surface area contributed by atoms with Crippen LogP contribution in [0.1, 0.15) is 13.3 Å². The van der Waals surface area contributed by atoms with Crippen molar-refractivity contribution in [1.82, 2.24) is 0 Å². The largest absolute Gasteiger partial charge is 3.00 e. The summed E-state index contributed by atoms with van der Waals surface area (Å²) in [6.07, 6.45) is 3.95. The summed E-state index contributed by atoms with van der Waals surface area (Å²) in [4.78, 5) is 10.3. The standard InChI is InChI=1S/C7H11O2.Y/c1-3-5-6-9-7(8)4-2;/h4-5H,2-3,6H2,1H3;/q-1;+3. The van der Waals surface area contributed by atoms with E-state index < -0.39 is 0 Å². The van der Waals surface area contributed by atoms with Gasteiger partial charge in [0.05, 0.1) is 0 Å². The van der Waals surface area contributed by atoms with Gasteiger partial charge in [-0.05, 0) is 6.61 Å². The molecule has 0 saturated carbocycles. The molecule has 2 nitrogen and oxygen atoms in total. The Kier molecular flexibility index (Phi) is 12.1. The SMILES string of the molecule is C=CC(=O)OC[CH-]CC.[Y+3]. The molecule has 3 heteroatoms. The first-order chi connectivity index (χ1) is 4.31. The van der Waals surface area contributed by atoms with Gasteiger partial charge in [0.15, 0.2) is 0 Å². The summed E-state index contributed by atoms with van der Waals surface area (Å²) in [5, 5.41) is 0. The molecule has 0 spiro atoms. The van der Waals surface area contributed by atoms with Crippen LogP contribution >= 0.6 is 0 Å². The van der Waals surface area contributed by atoms with Crippen LogP contribution in [0.25, 0.3) is 0 Å². The number of carbonyl (C=O) groups is 1. The Hall–Kier alpha value is 0.314. The van der Waals surface area contributed by atoms with Gasteiger partial charge in [-0.25, -0.2) is 4.79 Å². The van der Waals surface area contributed by atoms with Crippen molar-refractivity contribution in [2.45, 2.75) is 13.3 Å². The van der Waals surface area contributed by atoms with E-state index in [-0.39, 0.29) is 38.7 Å². The minimum atomic E-state index is -0.361. The molecule has 0 bridgehead atoms. The number of ether oxygens (including phenoxy) is 1. The molecule has 0 N–H and O–H groups in total. The Bertz CT molecular complexity index is 102. The third kappa shape index (κ3) is 8.31. The Morgan fingerprint density at radius 2 is 2.40 bits per heavy atom. The molecule has 0 fully saturated rings. The van der Waals surface area contributed by atoms with Gasteiger partial charge in [0.1, 0.15) is 0 Å². The normalized spacial score (nSPS) is 7.70. The number of carbonyl (C=O) groups excluding carboxylic acids is 1. The maximum absolute atomic E-state index is 10.3. The van der Waals surface area contributed by atoms with Gasteiger partial charge in [0, 0.05) is 6.08 Å². The van der Waals surface area contributed by atoms with E-state index in [1.54, 1.807) is 0 Å². The van der Waals surface area contributed by atoms with E-state index in [1.807, 2.05) is 13.3 Å². The van der Waals surface area contributed by atoms with E-state index >= 15 is 0 Å². The summed E-state index contributed by atoms with van der Waals surface area (Å²) >= 11 is 0. The number of rotatable bonds is 4. The van der Waals surface area contributed by atoms with Gasteiger partial charge in [-0.3, -0.25) is 6.42 Å². The molecule has 0 aromatic heterocycles. The number of esters is 1. The van der Waals surface area contributed by atoms with Gasteiger partial charge in [-0.2, -0.15) is 6.42 Å². The fourth-order valence-electron chi connectivity index (χ4n) is 0.318. The number of unbranched alkanes of at least 4 members (excludes halogenated alkanes) is 1. The van der Waals surface area contributed by atoms with Crippen LogP contribution in [-0.2, 0) is 42.2 Å². The molecular weight excluding hydrogens is 205 g/mol. The number of hydrogen-bond acceptors (Lipinski definition) is 2. The van der Waals surface area contributed by atoms with E-state index in [2.05, 4.69) is 11.3 Å². The first-order valence-corrected chi connectivity index (χ1v) is 2.92. The molecule has 0 unspecified atom stereocenters. The third-order valence-corrected chi connectivity index (χ3v) is 0.799. The van der Waals surface area contributed by atoms with Gasteiger partial charge in [0.2, 0.25) is 0 Å². The summed E-state index contributed by atoms with van der Waals surface area (Å²) in [7, 11) is 0. The van der Waals surface area contributed by atoms with Gasteiger partial charge in [0.25, 0.3) is 0 Å². The predicted octanol–water partition coefficient (Wildman–Crippen LogP) is 1.33. The summed E-state index contributed by atoms with van der Waals surface area (Å²) < 4.78 is 4.62. The average molecular weight is 216 g/mol. The Morgan fingerprint density at radius 1 is 1.80 bits per heavy atom. The van der Waals surface area contributed by atoms with Crippen LogP contribution in [0.15, 0.2) is 12.7 Å². The molecule has 0 saturated heterocycles. The van der Waals surface area contributed by atoms with E-state index in [4.69, 9.17) is 0 Å². The number of hydrogen-bond donors (Lipinski definition) is 0. The van der Waals surface area contributed by atoms with E-state index in [0.29, 0.717) is 6.61 Å². The van der Waals surface area contributed by atoms with Gasteiger partial charge in [-0.1, -0.05) is 13.5 Å². The van der Waals surface area contributed by atoms with Gasteiger partial charge < -0.3 is 4.74 Å². The summed E-state index contributed by atoms with van der Waals surface area (Å²) in [5.74, 6) is -0.361. The van der Waals surface area contributed by atoms with E-state index in [0.717, 1.165) is 12.5 Å². The summed E-state index contributed by atoms with van der Waals surface area (Å²) in [6, 6.07) is 0. The van der Waals surface area contributed by atoms with Crippen LogP contribution in [0.5, 0.6) is 0 Å². The maximum atomic E-state index is 10.3. The molecule has 0 rings (SSSR count). The molecule has 0 aliphatic carbocycles. The van der Waals surface area contributed by atoms with E-state index in [9.17, 15) is 4.79 Å². The molecule has 0 amide bonds. The van der Waals surface area contributed by atoms with Gasteiger partial charge in [-0.15, -0.1) is 0 Å². The second kappa shape index (κ2) is 9.31. The van der Waals surface area contributed by atoms with Crippen molar-refractivity contribution in [1.29, 1.82) is 0 Å². The van der Waals surface area contributed by atoms with Crippen LogP contribution in [0.2, 0.25) is 0 Å². The minimum absolute atomic E-state index is 0. The molecule has 0 aromatic carbocycles. The topological polar surface area (TPSA) is 26.3 Å². The van der Waals surface area contributed by atoms with Crippen LogP contribution in [-0.4, -0.2) is 12.6 Å². The Balaban J connectivity index is 0. The maximum Gasteiger partial charge on any atom is 3.00 e. The average Bonchev–Trinajstić information content (AvgIpc) is 1.89. The van der Waals surface area contributed by atoms with Crippen LogP contribution in [0, 0.1) is 6.42 Å². The monoisotopic (exact) mass is 216 g/mol. The second-order valence-electron chi connectivity index (χ2n) is 1.53. The van der Waals surface area contributed by atoms with Gasteiger partial charge >= 0.3 is 38.7 Å². The molecule has 0 atom stereocenters. The zero-order chi connectivity index (χ0) is 7.11. The van der Waals surface area contributed by atoms with E-state index in [1.165, 1.54) is 0 Å². The fraction of sp³-hybridized carbons (Fsp3) is 0.429. The van der Waals surface area contributed by atoms with Crippen molar-refractivity contribution in [3.05, 3.63) is 19.1 Å². The van der Waals surface area contributed by atoms with Crippen LogP contribution < -0.4 is 0 Å². The molecule has 0 heterocycles. The summed E-state index contributed by atoms with van der Waals surface area (Å²) in [6.45, 7) is 5.63. The molecule has 0 radical (unpaired) electrons. The second-order valence-corrected chi connectivity index (χ2v) is 1.53. The minimum Gasteiger partial charge on any atom is -0.495 e. The Morgan fingerprint density at radius 3 is 2.80 bits per heavy atom. The summed E-state index contributed by atoms with van der Waals surface area (Å²) in [5.41, 5.74) is 0. The van der Waals surface area contributed by atoms with Crippen molar-refractivity contribution in [2.75, 3.05) is 6.61 Å². The fourth-order valence-corrected chi connectivity index (χ4v) is 0.318. The van der Waals surface area contributed by atoms with Crippen LogP contribution in [0.3, 0.4) is 0 Å². The third-order valence-electron chi connectivity index (χ3n) is 0.799. The molecule has 10 heavy (non-hydrogen) atoms. The quantitative estimate of drug-likeness (QED) is 0.306. The zero-order valence-corrected chi connectivity index (χ0v) is 9.01. The van der Waals surface area contributed by atoms with Crippen LogP contribution in [0.4, 0.5) is 0 Å². The molecule has 52 valence electrons. The molecule has 0 aromatic rings. The first-order valence-electron chi connectivity index (χ1n) is 2.92. The predicted molar refractivity (Wildman–Crippen MR) is 35.7 cm³/mol. The molecule has 0 aliphatic heterocycles. The van der Waals surface area contributed by atoms with Crippen molar-refractivity contribution < 1.29 is 42.2 Å². The van der Waals surface area contributed by atoms with Crippen molar-refractivity contribution in [2.24, 2.45) is 0 Å². The molecular formula is C7H11O2Y+2.